The molecule has 0 radical (unpaired) electrons. The van der Waals surface area contributed by atoms with E-state index < -0.39 is 0 Å². The SMILES string of the molecule is CC12CC3CC(C1)CC(C(Cl)Cc1ncc[nH]1)(C3)C2. The second-order valence-electron chi connectivity index (χ2n) is 7.84. The number of halogens is 1. The Bertz CT molecular complexity index is 453. The molecule has 4 bridgehead atoms. The molecule has 104 valence electrons. The summed E-state index contributed by atoms with van der Waals surface area (Å²) in [5, 5.41) is 0.254. The molecule has 0 amide bonds. The molecule has 0 spiro atoms. The molecule has 4 fully saturated rings. The van der Waals surface area contributed by atoms with Crippen molar-refractivity contribution in [2.75, 3.05) is 0 Å². The standard InChI is InChI=1S/C16H23ClN2/c1-15-6-11-4-12(7-15)9-16(8-11,10-15)13(17)5-14-18-2-3-19-14/h2-3,11-13H,4-10H2,1H3,(H,18,19). The van der Waals surface area contributed by atoms with Crippen LogP contribution in [0.4, 0.5) is 0 Å². The van der Waals surface area contributed by atoms with Crippen LogP contribution in [-0.2, 0) is 6.42 Å². The number of aromatic amines is 1. The monoisotopic (exact) mass is 278 g/mol. The maximum Gasteiger partial charge on any atom is 0.107 e. The van der Waals surface area contributed by atoms with Gasteiger partial charge in [-0.05, 0) is 61.2 Å². The number of imidazole rings is 1. The molecule has 3 atom stereocenters. The van der Waals surface area contributed by atoms with Gasteiger partial charge in [0.05, 0.1) is 0 Å². The number of aromatic nitrogens is 2. The maximum atomic E-state index is 6.90. The number of hydrogen-bond donors (Lipinski definition) is 1. The quantitative estimate of drug-likeness (QED) is 0.826. The average molecular weight is 279 g/mol. The van der Waals surface area contributed by atoms with E-state index in [1.54, 1.807) is 0 Å². The van der Waals surface area contributed by atoms with Gasteiger partial charge in [0, 0.05) is 24.2 Å². The fraction of sp³-hybridized carbons (Fsp3) is 0.812. The normalized spacial score (nSPS) is 45.6. The maximum absolute atomic E-state index is 6.90. The largest absolute Gasteiger partial charge is 0.349 e. The van der Waals surface area contributed by atoms with Gasteiger partial charge < -0.3 is 4.98 Å². The van der Waals surface area contributed by atoms with Gasteiger partial charge in [-0.3, -0.25) is 0 Å². The topological polar surface area (TPSA) is 28.7 Å². The van der Waals surface area contributed by atoms with Gasteiger partial charge in [0.25, 0.3) is 0 Å². The van der Waals surface area contributed by atoms with Crippen LogP contribution in [0.2, 0.25) is 0 Å². The zero-order chi connectivity index (χ0) is 13.1. The highest BCUT2D eigenvalue weighted by atomic mass is 35.5. The second-order valence-corrected chi connectivity index (χ2v) is 8.37. The summed E-state index contributed by atoms with van der Waals surface area (Å²) in [5.74, 6) is 2.95. The van der Waals surface area contributed by atoms with E-state index in [1.807, 2.05) is 12.4 Å². The third-order valence-electron chi connectivity index (χ3n) is 5.99. The summed E-state index contributed by atoms with van der Waals surface area (Å²) in [6.45, 7) is 2.51. The highest BCUT2D eigenvalue weighted by Gasteiger charge is 2.57. The van der Waals surface area contributed by atoms with Crippen LogP contribution in [0.15, 0.2) is 12.4 Å². The van der Waals surface area contributed by atoms with E-state index >= 15 is 0 Å². The van der Waals surface area contributed by atoms with Crippen LogP contribution in [0.25, 0.3) is 0 Å². The first-order valence-corrected chi connectivity index (χ1v) is 8.13. The van der Waals surface area contributed by atoms with Crippen LogP contribution in [0, 0.1) is 22.7 Å². The molecule has 1 aromatic rings. The van der Waals surface area contributed by atoms with Crippen molar-refractivity contribution in [3.8, 4) is 0 Å². The Hall–Kier alpha value is -0.500. The van der Waals surface area contributed by atoms with Gasteiger partial charge in [-0.15, -0.1) is 11.6 Å². The van der Waals surface area contributed by atoms with Crippen LogP contribution in [0.5, 0.6) is 0 Å². The summed E-state index contributed by atoms with van der Waals surface area (Å²) in [7, 11) is 0. The van der Waals surface area contributed by atoms with Gasteiger partial charge in [0.15, 0.2) is 0 Å². The molecule has 0 aliphatic heterocycles. The van der Waals surface area contributed by atoms with Gasteiger partial charge in [-0.2, -0.15) is 0 Å². The fourth-order valence-corrected chi connectivity index (χ4v) is 6.36. The van der Waals surface area contributed by atoms with E-state index in [2.05, 4.69) is 16.9 Å². The molecule has 1 N–H and O–H groups in total. The lowest BCUT2D eigenvalue weighted by Gasteiger charge is -2.62. The van der Waals surface area contributed by atoms with Crippen molar-refractivity contribution in [1.82, 2.24) is 9.97 Å². The molecule has 3 unspecified atom stereocenters. The number of nitrogens with zero attached hydrogens (tertiary/aromatic N) is 1. The lowest BCUT2D eigenvalue weighted by atomic mass is 9.44. The number of H-pyrrole nitrogens is 1. The molecule has 4 aliphatic rings. The molecule has 4 aliphatic carbocycles. The Morgan fingerprint density at radius 1 is 1.37 bits per heavy atom. The molecule has 1 heterocycles. The molecule has 3 heteroatoms. The average Bonchev–Trinajstić information content (AvgIpc) is 2.78. The van der Waals surface area contributed by atoms with Crippen LogP contribution < -0.4 is 0 Å². The summed E-state index contributed by atoms with van der Waals surface area (Å²) < 4.78 is 0. The summed E-state index contributed by atoms with van der Waals surface area (Å²) in [6, 6.07) is 0. The molecular formula is C16H23ClN2. The number of rotatable bonds is 3. The van der Waals surface area contributed by atoms with E-state index in [0.29, 0.717) is 10.8 Å². The van der Waals surface area contributed by atoms with Crippen LogP contribution in [0.1, 0.15) is 51.3 Å². The highest BCUT2D eigenvalue weighted by Crippen LogP contribution is 2.66. The first-order valence-electron chi connectivity index (χ1n) is 7.69. The van der Waals surface area contributed by atoms with Gasteiger partial charge in [-0.1, -0.05) is 6.92 Å². The van der Waals surface area contributed by atoms with Crippen LogP contribution in [-0.4, -0.2) is 15.3 Å². The first-order chi connectivity index (χ1) is 9.07. The summed E-state index contributed by atoms with van der Waals surface area (Å²) in [6.07, 6.45) is 13.1. The minimum Gasteiger partial charge on any atom is -0.349 e. The second kappa shape index (κ2) is 4.00. The fourth-order valence-electron chi connectivity index (χ4n) is 5.96. The molecule has 0 aromatic carbocycles. The molecule has 0 saturated heterocycles. The van der Waals surface area contributed by atoms with E-state index in [0.717, 1.165) is 24.1 Å². The summed E-state index contributed by atoms with van der Waals surface area (Å²) in [4.78, 5) is 7.58. The third-order valence-corrected chi connectivity index (χ3v) is 6.61. The van der Waals surface area contributed by atoms with Crippen LogP contribution >= 0.6 is 11.6 Å². The summed E-state index contributed by atoms with van der Waals surface area (Å²) in [5.41, 5.74) is 0.980. The Balaban J connectivity index is 1.59. The van der Waals surface area contributed by atoms with Gasteiger partial charge >= 0.3 is 0 Å². The molecular weight excluding hydrogens is 256 g/mol. The van der Waals surface area contributed by atoms with E-state index in [4.69, 9.17) is 11.6 Å². The van der Waals surface area contributed by atoms with Crippen molar-refractivity contribution < 1.29 is 0 Å². The van der Waals surface area contributed by atoms with E-state index in [9.17, 15) is 0 Å². The molecule has 2 nitrogen and oxygen atoms in total. The zero-order valence-electron chi connectivity index (χ0n) is 11.7. The van der Waals surface area contributed by atoms with Crippen molar-refractivity contribution in [3.05, 3.63) is 18.2 Å². The molecule has 4 saturated carbocycles. The third kappa shape index (κ3) is 1.94. The van der Waals surface area contributed by atoms with Crippen LogP contribution in [0.3, 0.4) is 0 Å². The predicted molar refractivity (Wildman–Crippen MR) is 77.2 cm³/mol. The lowest BCUT2D eigenvalue weighted by molar-refractivity contribution is -0.103. The van der Waals surface area contributed by atoms with Gasteiger partial charge in [-0.25, -0.2) is 4.98 Å². The first kappa shape index (κ1) is 12.3. The highest BCUT2D eigenvalue weighted by molar-refractivity contribution is 6.21. The Morgan fingerprint density at radius 2 is 2.11 bits per heavy atom. The van der Waals surface area contributed by atoms with Crippen molar-refractivity contribution >= 4 is 11.6 Å². The Kier molecular flexibility index (Phi) is 2.58. The zero-order valence-corrected chi connectivity index (χ0v) is 12.4. The Labute approximate surface area is 120 Å². The van der Waals surface area contributed by atoms with Crippen molar-refractivity contribution in [2.45, 2.75) is 57.2 Å². The lowest BCUT2D eigenvalue weighted by Crippen LogP contribution is -2.54. The molecule has 1 aromatic heterocycles. The van der Waals surface area contributed by atoms with Gasteiger partial charge in [0.1, 0.15) is 5.82 Å². The number of hydrogen-bond acceptors (Lipinski definition) is 1. The van der Waals surface area contributed by atoms with Gasteiger partial charge in [0.2, 0.25) is 0 Å². The number of nitrogens with one attached hydrogen (secondary N) is 1. The predicted octanol–water partition coefficient (Wildman–Crippen LogP) is 4.17. The number of alkyl halides is 1. The van der Waals surface area contributed by atoms with Crippen molar-refractivity contribution in [1.29, 1.82) is 0 Å². The minimum atomic E-state index is 0.254. The van der Waals surface area contributed by atoms with E-state index in [-0.39, 0.29) is 5.38 Å². The smallest absolute Gasteiger partial charge is 0.107 e. The summed E-state index contributed by atoms with van der Waals surface area (Å²) >= 11 is 6.90. The minimum absolute atomic E-state index is 0.254. The van der Waals surface area contributed by atoms with E-state index in [1.165, 1.54) is 38.5 Å². The van der Waals surface area contributed by atoms with Crippen molar-refractivity contribution in [3.63, 3.8) is 0 Å². The van der Waals surface area contributed by atoms with Crippen molar-refractivity contribution in [2.24, 2.45) is 22.7 Å². The molecule has 5 rings (SSSR count). The Morgan fingerprint density at radius 3 is 2.68 bits per heavy atom. The molecule has 19 heavy (non-hydrogen) atoms.